The summed E-state index contributed by atoms with van der Waals surface area (Å²) in [6.45, 7) is 3.75. The van der Waals surface area contributed by atoms with Crippen LogP contribution in [-0.4, -0.2) is 10.2 Å². The van der Waals surface area contributed by atoms with Crippen molar-refractivity contribution in [2.75, 3.05) is 0 Å². The molecule has 1 aromatic heterocycles. The molecule has 0 saturated carbocycles. The molecule has 1 unspecified atom stereocenters. The zero-order valence-corrected chi connectivity index (χ0v) is 6.05. The fraction of sp³-hybridized carbons (Fsp3) is 0.429. The van der Waals surface area contributed by atoms with Crippen LogP contribution in [0.1, 0.15) is 24.2 Å². The third-order valence-corrected chi connectivity index (χ3v) is 1.36. The summed E-state index contributed by atoms with van der Waals surface area (Å²) in [6.07, 6.45) is 0. The van der Waals surface area contributed by atoms with Crippen LogP contribution in [0.5, 0.6) is 0 Å². The first kappa shape index (κ1) is 6.81. The number of hydrogen-bond donors (Lipinski definition) is 1. The molecular formula is C7H9N3. The van der Waals surface area contributed by atoms with Crippen molar-refractivity contribution in [2.24, 2.45) is 0 Å². The maximum atomic E-state index is 8.49. The van der Waals surface area contributed by atoms with Crippen molar-refractivity contribution in [2.45, 2.75) is 19.8 Å². The number of nitrogens with zero attached hydrogens (tertiary/aromatic N) is 2. The summed E-state index contributed by atoms with van der Waals surface area (Å²) >= 11 is 0. The molecule has 1 heterocycles. The SMILES string of the molecule is Cc1cc(C(C)C#N)n[nH]1. The summed E-state index contributed by atoms with van der Waals surface area (Å²) in [7, 11) is 0. The number of hydrogen-bond acceptors (Lipinski definition) is 2. The third kappa shape index (κ3) is 1.16. The van der Waals surface area contributed by atoms with Gasteiger partial charge in [0.05, 0.1) is 17.7 Å². The minimum Gasteiger partial charge on any atom is -0.283 e. The van der Waals surface area contributed by atoms with Gasteiger partial charge in [-0.05, 0) is 19.9 Å². The number of aromatic amines is 1. The van der Waals surface area contributed by atoms with E-state index in [0.717, 1.165) is 11.4 Å². The van der Waals surface area contributed by atoms with Gasteiger partial charge in [0.2, 0.25) is 0 Å². The van der Waals surface area contributed by atoms with E-state index in [-0.39, 0.29) is 5.92 Å². The van der Waals surface area contributed by atoms with Crippen molar-refractivity contribution >= 4 is 0 Å². The average Bonchev–Trinajstić information content (AvgIpc) is 2.34. The van der Waals surface area contributed by atoms with Gasteiger partial charge < -0.3 is 0 Å². The van der Waals surface area contributed by atoms with Gasteiger partial charge in [0.25, 0.3) is 0 Å². The van der Waals surface area contributed by atoms with Crippen molar-refractivity contribution in [3.8, 4) is 6.07 Å². The summed E-state index contributed by atoms with van der Waals surface area (Å²) in [5.74, 6) is -0.107. The van der Waals surface area contributed by atoms with Gasteiger partial charge in [-0.1, -0.05) is 0 Å². The molecule has 52 valence electrons. The fourth-order valence-electron chi connectivity index (χ4n) is 0.727. The monoisotopic (exact) mass is 135 g/mol. The number of nitriles is 1. The number of nitrogens with one attached hydrogen (secondary N) is 1. The van der Waals surface area contributed by atoms with Gasteiger partial charge in [-0.15, -0.1) is 0 Å². The largest absolute Gasteiger partial charge is 0.283 e. The van der Waals surface area contributed by atoms with E-state index in [1.807, 2.05) is 19.9 Å². The second-order valence-electron chi connectivity index (χ2n) is 2.33. The lowest BCUT2D eigenvalue weighted by atomic mass is 10.1. The van der Waals surface area contributed by atoms with E-state index in [2.05, 4.69) is 16.3 Å². The molecule has 0 aliphatic heterocycles. The molecule has 3 heteroatoms. The Bertz CT molecular complexity index is 256. The highest BCUT2D eigenvalue weighted by molar-refractivity contribution is 5.16. The predicted molar refractivity (Wildman–Crippen MR) is 37.4 cm³/mol. The lowest BCUT2D eigenvalue weighted by Crippen LogP contribution is -1.88. The molecular weight excluding hydrogens is 126 g/mol. The molecule has 0 amide bonds. The predicted octanol–water partition coefficient (Wildman–Crippen LogP) is 1.35. The number of H-pyrrole nitrogens is 1. The quantitative estimate of drug-likeness (QED) is 0.631. The van der Waals surface area contributed by atoms with E-state index in [0.29, 0.717) is 0 Å². The topological polar surface area (TPSA) is 52.5 Å². The van der Waals surface area contributed by atoms with Gasteiger partial charge >= 0.3 is 0 Å². The van der Waals surface area contributed by atoms with Gasteiger partial charge in [-0.2, -0.15) is 10.4 Å². The van der Waals surface area contributed by atoms with Crippen LogP contribution in [-0.2, 0) is 0 Å². The van der Waals surface area contributed by atoms with Crippen LogP contribution in [0.3, 0.4) is 0 Å². The molecule has 10 heavy (non-hydrogen) atoms. The van der Waals surface area contributed by atoms with Crippen LogP contribution in [0.15, 0.2) is 6.07 Å². The third-order valence-electron chi connectivity index (χ3n) is 1.36. The maximum Gasteiger partial charge on any atom is 0.0875 e. The second kappa shape index (κ2) is 2.53. The highest BCUT2D eigenvalue weighted by Crippen LogP contribution is 2.10. The summed E-state index contributed by atoms with van der Waals surface area (Å²) in [4.78, 5) is 0. The molecule has 3 nitrogen and oxygen atoms in total. The molecule has 0 saturated heterocycles. The van der Waals surface area contributed by atoms with Crippen molar-refractivity contribution in [3.63, 3.8) is 0 Å². The second-order valence-corrected chi connectivity index (χ2v) is 2.33. The van der Waals surface area contributed by atoms with Crippen LogP contribution in [0.2, 0.25) is 0 Å². The molecule has 1 aromatic rings. The van der Waals surface area contributed by atoms with Crippen LogP contribution in [0.4, 0.5) is 0 Å². The fourth-order valence-corrected chi connectivity index (χ4v) is 0.727. The average molecular weight is 135 g/mol. The number of aromatic nitrogens is 2. The molecule has 0 spiro atoms. The summed E-state index contributed by atoms with van der Waals surface area (Å²) in [5.41, 5.74) is 1.82. The minimum absolute atomic E-state index is 0.107. The van der Waals surface area contributed by atoms with Crippen molar-refractivity contribution < 1.29 is 0 Å². The zero-order valence-electron chi connectivity index (χ0n) is 6.05. The van der Waals surface area contributed by atoms with E-state index in [1.165, 1.54) is 0 Å². The van der Waals surface area contributed by atoms with Gasteiger partial charge in [-0.25, -0.2) is 0 Å². The van der Waals surface area contributed by atoms with Gasteiger partial charge in [-0.3, -0.25) is 5.10 Å². The van der Waals surface area contributed by atoms with E-state index < -0.39 is 0 Å². The van der Waals surface area contributed by atoms with Crippen molar-refractivity contribution in [3.05, 3.63) is 17.5 Å². The van der Waals surface area contributed by atoms with Crippen LogP contribution >= 0.6 is 0 Å². The van der Waals surface area contributed by atoms with E-state index >= 15 is 0 Å². The Morgan fingerprint density at radius 1 is 1.80 bits per heavy atom. The zero-order chi connectivity index (χ0) is 7.56. The maximum absolute atomic E-state index is 8.49. The van der Waals surface area contributed by atoms with Gasteiger partial charge in [0, 0.05) is 5.69 Å². The lowest BCUT2D eigenvalue weighted by Gasteiger charge is -1.91. The Labute approximate surface area is 59.7 Å². The van der Waals surface area contributed by atoms with Crippen LogP contribution in [0, 0.1) is 18.3 Å². The Morgan fingerprint density at radius 2 is 2.50 bits per heavy atom. The highest BCUT2D eigenvalue weighted by atomic mass is 15.1. The first-order valence-electron chi connectivity index (χ1n) is 3.15. The molecule has 1 rings (SSSR count). The molecule has 1 N–H and O–H groups in total. The standard InChI is InChI=1S/C7H9N3/c1-5(4-8)7-3-6(2)9-10-7/h3,5H,1-2H3,(H,9,10). The Kier molecular flexibility index (Phi) is 1.72. The first-order valence-corrected chi connectivity index (χ1v) is 3.15. The number of aryl methyl sites for hydroxylation is 1. The first-order chi connectivity index (χ1) is 4.74. The van der Waals surface area contributed by atoms with Crippen molar-refractivity contribution in [1.82, 2.24) is 10.2 Å². The van der Waals surface area contributed by atoms with Gasteiger partial charge in [0.15, 0.2) is 0 Å². The van der Waals surface area contributed by atoms with E-state index in [1.54, 1.807) is 0 Å². The van der Waals surface area contributed by atoms with Crippen LogP contribution < -0.4 is 0 Å². The Hall–Kier alpha value is -1.30. The molecule has 0 bridgehead atoms. The molecule has 0 aliphatic carbocycles. The minimum atomic E-state index is -0.107. The van der Waals surface area contributed by atoms with Crippen LogP contribution in [0.25, 0.3) is 0 Å². The summed E-state index contributed by atoms with van der Waals surface area (Å²) in [6, 6.07) is 3.99. The molecule has 0 aliphatic rings. The normalized spacial score (nSPS) is 12.5. The highest BCUT2D eigenvalue weighted by Gasteiger charge is 2.05. The Morgan fingerprint density at radius 3 is 2.90 bits per heavy atom. The Balaban J connectivity index is 2.87. The summed E-state index contributed by atoms with van der Waals surface area (Å²) in [5, 5.41) is 15.2. The lowest BCUT2D eigenvalue weighted by molar-refractivity contribution is 0.890. The molecule has 1 atom stereocenters. The molecule has 0 radical (unpaired) electrons. The smallest absolute Gasteiger partial charge is 0.0875 e. The van der Waals surface area contributed by atoms with Crippen molar-refractivity contribution in [1.29, 1.82) is 5.26 Å². The number of rotatable bonds is 1. The summed E-state index contributed by atoms with van der Waals surface area (Å²) < 4.78 is 0. The molecule has 0 fully saturated rings. The van der Waals surface area contributed by atoms with E-state index in [4.69, 9.17) is 5.26 Å². The van der Waals surface area contributed by atoms with Gasteiger partial charge in [0.1, 0.15) is 0 Å². The molecule has 0 aromatic carbocycles. The van der Waals surface area contributed by atoms with E-state index in [9.17, 15) is 0 Å².